The molecule has 124 valence electrons. The molecule has 0 radical (unpaired) electrons. The predicted molar refractivity (Wildman–Crippen MR) is 94.2 cm³/mol. The number of nitrogens with zero attached hydrogens (tertiary/aromatic N) is 1. The van der Waals surface area contributed by atoms with Crippen molar-refractivity contribution >= 4 is 23.1 Å². The first kappa shape index (κ1) is 17.4. The average molecular weight is 333 g/mol. The molecule has 2 aromatic rings. The number of ether oxygens (including phenoxy) is 1. The van der Waals surface area contributed by atoms with E-state index in [0.29, 0.717) is 6.54 Å². The van der Waals surface area contributed by atoms with E-state index in [0.717, 1.165) is 22.0 Å². The van der Waals surface area contributed by atoms with Crippen LogP contribution in [0.1, 0.15) is 42.1 Å². The summed E-state index contributed by atoms with van der Waals surface area (Å²) in [5.74, 6) is 0.194. The van der Waals surface area contributed by atoms with Crippen molar-refractivity contribution in [3.63, 3.8) is 0 Å². The van der Waals surface area contributed by atoms with Crippen LogP contribution in [-0.2, 0) is 4.74 Å². The van der Waals surface area contributed by atoms with E-state index in [-0.39, 0.29) is 18.1 Å². The summed E-state index contributed by atoms with van der Waals surface area (Å²) in [5, 5.41) is 8.80. The quantitative estimate of drug-likeness (QED) is 0.837. The van der Waals surface area contributed by atoms with Crippen molar-refractivity contribution in [2.45, 2.75) is 32.8 Å². The highest BCUT2D eigenvalue weighted by atomic mass is 32.1. The molecule has 0 aliphatic carbocycles. The molecule has 1 aromatic carbocycles. The van der Waals surface area contributed by atoms with Crippen LogP contribution < -0.4 is 10.6 Å². The van der Waals surface area contributed by atoms with Gasteiger partial charge < -0.3 is 15.4 Å². The number of methoxy groups -OCH3 is 1. The monoisotopic (exact) mass is 333 g/mol. The Balaban J connectivity index is 1.87. The third-order valence-corrected chi connectivity index (χ3v) is 4.79. The van der Waals surface area contributed by atoms with E-state index in [1.54, 1.807) is 18.4 Å². The normalized spacial score (nSPS) is 13.4. The Morgan fingerprint density at radius 1 is 1.39 bits per heavy atom. The Kier molecular flexibility index (Phi) is 6.12. The number of hydrogen-bond acceptors (Lipinski definition) is 4. The Bertz CT molecular complexity index is 657. The lowest BCUT2D eigenvalue weighted by atomic mass is 10.1. The summed E-state index contributed by atoms with van der Waals surface area (Å²) in [7, 11) is 1.67. The Labute approximate surface area is 141 Å². The second kappa shape index (κ2) is 8.08. The topological polar surface area (TPSA) is 63.2 Å². The molecule has 0 unspecified atom stereocenters. The molecule has 1 heterocycles. The Hall–Kier alpha value is -1.92. The van der Waals surface area contributed by atoms with Crippen LogP contribution in [0.4, 0.5) is 10.5 Å². The first-order valence-electron chi connectivity index (χ1n) is 7.59. The second-order valence-corrected chi connectivity index (χ2v) is 6.46. The zero-order valence-corrected chi connectivity index (χ0v) is 14.7. The standard InChI is InChI=1S/C17H23N3O2S/c1-11(16-19-12(2)10-23-16)9-18-17(21)20-15-7-5-6-14(8-15)13(3)22-4/h5-8,10-11,13H,9H2,1-4H3,(H2,18,20,21)/t11-,13-/m0/s1. The van der Waals surface area contributed by atoms with Gasteiger partial charge in [-0.25, -0.2) is 9.78 Å². The third kappa shape index (κ3) is 5.04. The van der Waals surface area contributed by atoms with E-state index in [1.165, 1.54) is 0 Å². The highest BCUT2D eigenvalue weighted by Crippen LogP contribution is 2.20. The first-order valence-corrected chi connectivity index (χ1v) is 8.47. The fraction of sp³-hybridized carbons (Fsp3) is 0.412. The Morgan fingerprint density at radius 2 is 2.17 bits per heavy atom. The summed E-state index contributed by atoms with van der Waals surface area (Å²) in [6.45, 7) is 6.55. The second-order valence-electron chi connectivity index (χ2n) is 5.57. The molecule has 6 heteroatoms. The van der Waals surface area contributed by atoms with Crippen LogP contribution >= 0.6 is 11.3 Å². The van der Waals surface area contributed by atoms with Crippen LogP contribution in [-0.4, -0.2) is 24.7 Å². The molecule has 0 spiro atoms. The van der Waals surface area contributed by atoms with Gasteiger partial charge in [0.05, 0.1) is 11.1 Å². The van der Waals surface area contributed by atoms with Gasteiger partial charge in [-0.3, -0.25) is 0 Å². The SMILES string of the molecule is CO[C@@H](C)c1cccc(NC(=O)NC[C@H](C)c2nc(C)cs2)c1. The van der Waals surface area contributed by atoms with E-state index in [9.17, 15) is 4.79 Å². The van der Waals surface area contributed by atoms with Gasteiger partial charge in [-0.2, -0.15) is 0 Å². The van der Waals surface area contributed by atoms with E-state index >= 15 is 0 Å². The number of carbonyl (C=O) groups excluding carboxylic acids is 1. The number of nitrogens with one attached hydrogen (secondary N) is 2. The number of aromatic nitrogens is 1. The highest BCUT2D eigenvalue weighted by Gasteiger charge is 2.11. The largest absolute Gasteiger partial charge is 0.377 e. The minimum atomic E-state index is -0.215. The zero-order chi connectivity index (χ0) is 16.8. The molecule has 0 fully saturated rings. The van der Waals surface area contributed by atoms with Crippen molar-refractivity contribution < 1.29 is 9.53 Å². The molecule has 1 aromatic heterocycles. The maximum absolute atomic E-state index is 12.0. The summed E-state index contributed by atoms with van der Waals surface area (Å²) in [5.41, 5.74) is 2.80. The minimum absolute atomic E-state index is 0.00650. The molecule has 5 nitrogen and oxygen atoms in total. The van der Waals surface area contributed by atoms with Crippen LogP contribution in [0.5, 0.6) is 0 Å². The molecular formula is C17H23N3O2S. The third-order valence-electron chi connectivity index (χ3n) is 3.59. The van der Waals surface area contributed by atoms with Crippen molar-refractivity contribution in [1.82, 2.24) is 10.3 Å². The van der Waals surface area contributed by atoms with Gasteiger partial charge in [0.2, 0.25) is 0 Å². The molecule has 0 aliphatic rings. The average Bonchev–Trinajstić information content (AvgIpc) is 2.98. The molecule has 2 atom stereocenters. The van der Waals surface area contributed by atoms with E-state index in [1.807, 2.05) is 43.5 Å². The number of anilines is 1. The number of rotatable bonds is 6. The number of benzene rings is 1. The summed E-state index contributed by atoms with van der Waals surface area (Å²) in [6.07, 6.45) is -0.00650. The van der Waals surface area contributed by atoms with Crippen molar-refractivity contribution in [3.05, 3.63) is 45.9 Å². The van der Waals surface area contributed by atoms with Gasteiger partial charge >= 0.3 is 6.03 Å². The minimum Gasteiger partial charge on any atom is -0.377 e. The van der Waals surface area contributed by atoms with Gasteiger partial charge in [-0.1, -0.05) is 19.1 Å². The van der Waals surface area contributed by atoms with E-state index < -0.39 is 0 Å². The van der Waals surface area contributed by atoms with Gasteiger partial charge in [-0.15, -0.1) is 11.3 Å². The molecule has 0 saturated heterocycles. The van der Waals surface area contributed by atoms with Crippen LogP contribution in [0.15, 0.2) is 29.6 Å². The van der Waals surface area contributed by atoms with Crippen molar-refractivity contribution in [3.8, 4) is 0 Å². The summed E-state index contributed by atoms with van der Waals surface area (Å²) < 4.78 is 5.29. The fourth-order valence-electron chi connectivity index (χ4n) is 2.11. The van der Waals surface area contributed by atoms with Gasteiger partial charge in [0.1, 0.15) is 0 Å². The van der Waals surface area contributed by atoms with Crippen LogP contribution in [0.3, 0.4) is 0 Å². The number of carbonyl (C=O) groups is 1. The van der Waals surface area contributed by atoms with Gasteiger partial charge in [-0.05, 0) is 31.5 Å². The van der Waals surface area contributed by atoms with Crippen LogP contribution in [0.2, 0.25) is 0 Å². The molecular weight excluding hydrogens is 310 g/mol. The van der Waals surface area contributed by atoms with Crippen molar-refractivity contribution in [2.75, 3.05) is 19.0 Å². The number of urea groups is 1. The molecule has 0 aliphatic heterocycles. The zero-order valence-electron chi connectivity index (χ0n) is 13.9. The molecule has 2 rings (SSSR count). The van der Waals surface area contributed by atoms with Gasteiger partial charge in [0.15, 0.2) is 0 Å². The molecule has 2 amide bonds. The van der Waals surface area contributed by atoms with E-state index in [4.69, 9.17) is 4.74 Å². The van der Waals surface area contributed by atoms with Crippen molar-refractivity contribution in [2.24, 2.45) is 0 Å². The lowest BCUT2D eigenvalue weighted by molar-refractivity contribution is 0.119. The van der Waals surface area contributed by atoms with Crippen LogP contribution in [0.25, 0.3) is 0 Å². The predicted octanol–water partition coefficient (Wildman–Crippen LogP) is 4.08. The van der Waals surface area contributed by atoms with Crippen LogP contribution in [0, 0.1) is 6.92 Å². The number of hydrogen-bond donors (Lipinski definition) is 2. The molecule has 0 bridgehead atoms. The molecule has 2 N–H and O–H groups in total. The van der Waals surface area contributed by atoms with Crippen molar-refractivity contribution in [1.29, 1.82) is 0 Å². The lowest BCUT2D eigenvalue weighted by Crippen LogP contribution is -2.31. The molecule has 23 heavy (non-hydrogen) atoms. The van der Waals surface area contributed by atoms with Gasteiger partial charge in [0.25, 0.3) is 0 Å². The number of amides is 2. The first-order chi connectivity index (χ1) is 11.0. The summed E-state index contributed by atoms with van der Waals surface area (Å²) in [4.78, 5) is 16.5. The lowest BCUT2D eigenvalue weighted by Gasteiger charge is -2.13. The van der Waals surface area contributed by atoms with E-state index in [2.05, 4.69) is 22.5 Å². The smallest absolute Gasteiger partial charge is 0.319 e. The summed E-state index contributed by atoms with van der Waals surface area (Å²) >= 11 is 1.62. The Morgan fingerprint density at radius 3 is 2.83 bits per heavy atom. The maximum Gasteiger partial charge on any atom is 0.319 e. The van der Waals surface area contributed by atoms with Gasteiger partial charge in [0, 0.05) is 36.3 Å². The fourth-order valence-corrected chi connectivity index (χ4v) is 2.97. The summed E-state index contributed by atoms with van der Waals surface area (Å²) in [6, 6.07) is 7.44. The molecule has 0 saturated carbocycles. The highest BCUT2D eigenvalue weighted by molar-refractivity contribution is 7.09. The maximum atomic E-state index is 12.0. The number of thiazole rings is 1. The number of aryl methyl sites for hydroxylation is 1.